The summed E-state index contributed by atoms with van der Waals surface area (Å²) in [7, 11) is 0. The van der Waals surface area contributed by atoms with E-state index in [0.717, 1.165) is 0 Å². The van der Waals surface area contributed by atoms with E-state index in [0.29, 0.717) is 23.1 Å². The van der Waals surface area contributed by atoms with Crippen LogP contribution in [0.2, 0.25) is 0 Å². The summed E-state index contributed by atoms with van der Waals surface area (Å²) in [4.78, 5) is 10.3. The second kappa shape index (κ2) is 2.75. The lowest BCUT2D eigenvalue weighted by atomic mass is 10.1. The van der Waals surface area contributed by atoms with Gasteiger partial charge < -0.3 is 10.5 Å². The van der Waals surface area contributed by atoms with Gasteiger partial charge in [-0.2, -0.15) is 0 Å². The highest BCUT2D eigenvalue weighted by atomic mass is 16.5. The van der Waals surface area contributed by atoms with Crippen LogP contribution >= 0.6 is 0 Å². The van der Waals surface area contributed by atoms with Crippen molar-refractivity contribution in [3.63, 3.8) is 0 Å². The third-order valence-corrected chi connectivity index (χ3v) is 1.63. The molecule has 0 spiro atoms. The quantitative estimate of drug-likeness (QED) is 0.504. The van der Waals surface area contributed by atoms with Crippen molar-refractivity contribution in [2.75, 3.05) is 0 Å². The average molecular weight is 154 g/mol. The molecule has 0 aromatic rings. The number of aldehydes is 1. The van der Waals surface area contributed by atoms with Crippen molar-refractivity contribution in [3.05, 3.63) is 23.1 Å². The minimum Gasteiger partial charge on any atom is -0.478 e. The first kappa shape index (κ1) is 7.81. The Bertz CT molecular complexity index is 243. The Morgan fingerprint density at radius 1 is 1.73 bits per heavy atom. The first-order valence-corrected chi connectivity index (χ1v) is 3.20. The topological polar surface area (TPSA) is 78.3 Å². The molecule has 1 unspecified atom stereocenters. The van der Waals surface area contributed by atoms with Gasteiger partial charge in [-0.25, -0.2) is 0 Å². The highest BCUT2D eigenvalue weighted by Crippen LogP contribution is 2.16. The van der Waals surface area contributed by atoms with E-state index in [1.54, 1.807) is 6.92 Å². The number of carbonyl (C=O) groups excluding carboxylic acids is 1. The Labute approximate surface area is 64.5 Å². The van der Waals surface area contributed by atoms with Gasteiger partial charge in [-0.05, 0) is 6.92 Å². The van der Waals surface area contributed by atoms with E-state index in [1.165, 1.54) is 6.26 Å². The molecule has 0 bridgehead atoms. The molecule has 0 aromatic heterocycles. The number of rotatable bonds is 1. The van der Waals surface area contributed by atoms with Crippen LogP contribution in [0.1, 0.15) is 6.92 Å². The molecule has 0 fully saturated rings. The summed E-state index contributed by atoms with van der Waals surface area (Å²) in [5, 5.41) is 0. The van der Waals surface area contributed by atoms with E-state index < -0.39 is 6.23 Å². The molecule has 1 heterocycles. The number of hydrogen-bond acceptors (Lipinski definition) is 4. The van der Waals surface area contributed by atoms with Crippen LogP contribution in [0.5, 0.6) is 0 Å². The fourth-order valence-electron chi connectivity index (χ4n) is 0.784. The van der Waals surface area contributed by atoms with Gasteiger partial charge in [-0.1, -0.05) is 0 Å². The molecule has 0 saturated carbocycles. The molecule has 11 heavy (non-hydrogen) atoms. The molecule has 1 atom stereocenters. The Balaban J connectivity index is 2.99. The number of allylic oxidation sites excluding steroid dienone is 1. The predicted molar refractivity (Wildman–Crippen MR) is 40.1 cm³/mol. The van der Waals surface area contributed by atoms with Crippen LogP contribution in [-0.2, 0) is 9.53 Å². The van der Waals surface area contributed by atoms with Crippen molar-refractivity contribution < 1.29 is 9.53 Å². The lowest BCUT2D eigenvalue weighted by Gasteiger charge is -2.19. The van der Waals surface area contributed by atoms with E-state index in [9.17, 15) is 4.79 Å². The van der Waals surface area contributed by atoms with E-state index in [-0.39, 0.29) is 0 Å². The number of ether oxygens (including phenoxy) is 1. The maximum atomic E-state index is 10.3. The molecule has 0 saturated heterocycles. The highest BCUT2D eigenvalue weighted by Gasteiger charge is 2.16. The Morgan fingerprint density at radius 3 is 2.91 bits per heavy atom. The molecule has 0 radical (unpaired) electrons. The second-order valence-corrected chi connectivity index (χ2v) is 2.34. The van der Waals surface area contributed by atoms with Crippen LogP contribution in [0.4, 0.5) is 0 Å². The van der Waals surface area contributed by atoms with Crippen LogP contribution in [0.15, 0.2) is 23.1 Å². The monoisotopic (exact) mass is 154 g/mol. The number of nitrogens with two attached hydrogens (primary N) is 2. The van der Waals surface area contributed by atoms with Gasteiger partial charge in [0.05, 0.1) is 11.8 Å². The third-order valence-electron chi connectivity index (χ3n) is 1.63. The zero-order chi connectivity index (χ0) is 8.43. The molecule has 0 aliphatic carbocycles. The summed E-state index contributed by atoms with van der Waals surface area (Å²) >= 11 is 0. The summed E-state index contributed by atoms with van der Waals surface area (Å²) in [6.45, 7) is 1.73. The van der Waals surface area contributed by atoms with Crippen LogP contribution < -0.4 is 11.5 Å². The molecule has 0 aromatic carbocycles. The molecule has 1 aliphatic heterocycles. The molecule has 4 nitrogen and oxygen atoms in total. The first-order valence-electron chi connectivity index (χ1n) is 3.20. The van der Waals surface area contributed by atoms with Crippen molar-refractivity contribution in [1.82, 2.24) is 0 Å². The maximum Gasteiger partial charge on any atom is 0.171 e. The van der Waals surface area contributed by atoms with Crippen LogP contribution in [0.25, 0.3) is 0 Å². The van der Waals surface area contributed by atoms with E-state index in [4.69, 9.17) is 16.2 Å². The minimum absolute atomic E-state index is 0.351. The van der Waals surface area contributed by atoms with Crippen molar-refractivity contribution in [3.8, 4) is 0 Å². The Hall–Kier alpha value is -1.29. The minimum atomic E-state index is -0.515. The fourth-order valence-corrected chi connectivity index (χ4v) is 0.784. The summed E-state index contributed by atoms with van der Waals surface area (Å²) in [6.07, 6.45) is 1.41. The van der Waals surface area contributed by atoms with Crippen molar-refractivity contribution in [2.24, 2.45) is 11.5 Å². The summed E-state index contributed by atoms with van der Waals surface area (Å²) < 4.78 is 4.91. The van der Waals surface area contributed by atoms with Crippen LogP contribution in [-0.4, -0.2) is 12.5 Å². The molecular weight excluding hydrogens is 144 g/mol. The third kappa shape index (κ3) is 1.25. The van der Waals surface area contributed by atoms with E-state index >= 15 is 0 Å². The van der Waals surface area contributed by atoms with Gasteiger partial charge in [0.15, 0.2) is 12.5 Å². The van der Waals surface area contributed by atoms with Gasteiger partial charge in [-0.15, -0.1) is 0 Å². The van der Waals surface area contributed by atoms with Gasteiger partial charge >= 0.3 is 0 Å². The summed E-state index contributed by atoms with van der Waals surface area (Å²) in [5.41, 5.74) is 12.5. The molecule has 60 valence electrons. The fraction of sp³-hybridized carbons (Fsp3) is 0.286. The Kier molecular flexibility index (Phi) is 1.96. The normalized spacial score (nSPS) is 24.2. The standard InChI is InChI=1S/C7H10N2O2/c1-4-6(8)5(2-10)3-11-7(4)9/h2-3,7H,8-9H2,1H3. The molecule has 1 rings (SSSR count). The lowest BCUT2D eigenvalue weighted by molar-refractivity contribution is -0.104. The summed E-state index contributed by atoms with van der Waals surface area (Å²) in [5.74, 6) is 0. The van der Waals surface area contributed by atoms with Gasteiger partial charge in [0.1, 0.15) is 0 Å². The van der Waals surface area contributed by atoms with Gasteiger partial charge in [-0.3, -0.25) is 10.5 Å². The van der Waals surface area contributed by atoms with Crippen LogP contribution in [0.3, 0.4) is 0 Å². The van der Waals surface area contributed by atoms with Crippen molar-refractivity contribution in [2.45, 2.75) is 13.2 Å². The smallest absolute Gasteiger partial charge is 0.171 e. The molecule has 4 heteroatoms. The zero-order valence-corrected chi connectivity index (χ0v) is 6.20. The van der Waals surface area contributed by atoms with E-state index in [1.807, 2.05) is 0 Å². The van der Waals surface area contributed by atoms with Gasteiger partial charge in [0.2, 0.25) is 0 Å². The molecule has 0 amide bonds. The SMILES string of the molecule is CC1=C(N)C(C=O)=COC1N. The van der Waals surface area contributed by atoms with Gasteiger partial charge in [0.25, 0.3) is 0 Å². The Morgan fingerprint density at radius 2 is 2.36 bits per heavy atom. The number of hydrogen-bond donors (Lipinski definition) is 2. The van der Waals surface area contributed by atoms with Crippen LogP contribution in [0, 0.1) is 0 Å². The van der Waals surface area contributed by atoms with Crippen molar-refractivity contribution >= 4 is 6.29 Å². The highest BCUT2D eigenvalue weighted by molar-refractivity contribution is 5.80. The second-order valence-electron chi connectivity index (χ2n) is 2.34. The molecule has 1 aliphatic rings. The van der Waals surface area contributed by atoms with Crippen molar-refractivity contribution in [1.29, 1.82) is 0 Å². The zero-order valence-electron chi connectivity index (χ0n) is 6.20. The molecular formula is C7H10N2O2. The lowest BCUT2D eigenvalue weighted by Crippen LogP contribution is -2.29. The predicted octanol–water partition coefficient (Wildman–Crippen LogP) is -0.383. The van der Waals surface area contributed by atoms with Gasteiger partial charge in [0, 0.05) is 11.3 Å². The number of carbonyl (C=O) groups is 1. The first-order chi connectivity index (χ1) is 5.16. The maximum absolute atomic E-state index is 10.3. The average Bonchev–Trinajstić information content (AvgIpc) is 2.01. The van der Waals surface area contributed by atoms with E-state index in [2.05, 4.69) is 0 Å². The molecule has 4 N–H and O–H groups in total. The largest absolute Gasteiger partial charge is 0.478 e. The summed E-state index contributed by atoms with van der Waals surface area (Å²) in [6, 6.07) is 0.